The third kappa shape index (κ3) is 2.96. The highest BCUT2D eigenvalue weighted by molar-refractivity contribution is 5.38. The minimum atomic E-state index is 0.236. The Morgan fingerprint density at radius 2 is 2.14 bits per heavy atom. The molecule has 3 rings (SSSR count). The standard InChI is InChI=1S/C14H21N7/c1-10-4-3-5-11(8-10)20(2)13-17-12(15)18-14(19-13)21-7-6-16-9-21/h6-7,9-11H,3-5,8H2,1-2H3,(H2,15,17,18,19). The van der Waals surface area contributed by atoms with Crippen LogP contribution in [0.15, 0.2) is 18.7 Å². The number of imidazole rings is 1. The lowest BCUT2D eigenvalue weighted by Gasteiger charge is -2.34. The molecule has 2 unspecified atom stereocenters. The Hall–Kier alpha value is -2.18. The molecule has 1 saturated carbocycles. The average molecular weight is 287 g/mol. The van der Waals surface area contributed by atoms with Gasteiger partial charge in [-0.1, -0.05) is 19.8 Å². The third-order valence-corrected chi connectivity index (χ3v) is 4.14. The minimum Gasteiger partial charge on any atom is -0.368 e. The Balaban J connectivity index is 1.87. The van der Waals surface area contributed by atoms with Crippen LogP contribution in [-0.4, -0.2) is 37.6 Å². The Kier molecular flexibility index (Phi) is 3.72. The van der Waals surface area contributed by atoms with Crippen LogP contribution in [0.2, 0.25) is 0 Å². The van der Waals surface area contributed by atoms with Crippen molar-refractivity contribution in [1.29, 1.82) is 0 Å². The second-order valence-electron chi connectivity index (χ2n) is 5.80. The fraction of sp³-hybridized carbons (Fsp3) is 0.571. The fourth-order valence-corrected chi connectivity index (χ4v) is 2.94. The molecule has 0 radical (unpaired) electrons. The maximum absolute atomic E-state index is 5.84. The van der Waals surface area contributed by atoms with Crippen molar-refractivity contribution in [3.8, 4) is 5.95 Å². The van der Waals surface area contributed by atoms with Gasteiger partial charge in [-0.3, -0.25) is 4.57 Å². The smallest absolute Gasteiger partial charge is 0.241 e. The number of rotatable bonds is 3. The predicted molar refractivity (Wildman–Crippen MR) is 81.2 cm³/mol. The van der Waals surface area contributed by atoms with E-state index in [2.05, 4.69) is 31.8 Å². The van der Waals surface area contributed by atoms with Crippen molar-refractivity contribution in [2.24, 2.45) is 5.92 Å². The van der Waals surface area contributed by atoms with Gasteiger partial charge in [0.1, 0.15) is 6.33 Å². The molecule has 2 heterocycles. The molecule has 0 aliphatic heterocycles. The number of nitrogens with zero attached hydrogens (tertiary/aromatic N) is 6. The minimum absolute atomic E-state index is 0.236. The molecule has 0 amide bonds. The second-order valence-corrected chi connectivity index (χ2v) is 5.80. The molecule has 2 atom stereocenters. The average Bonchev–Trinajstić information content (AvgIpc) is 3.00. The van der Waals surface area contributed by atoms with Gasteiger partial charge in [-0.15, -0.1) is 0 Å². The number of anilines is 2. The molecule has 2 aromatic heterocycles. The first kappa shape index (κ1) is 13.8. The van der Waals surface area contributed by atoms with Crippen LogP contribution >= 0.6 is 0 Å². The van der Waals surface area contributed by atoms with Crippen LogP contribution in [0, 0.1) is 5.92 Å². The van der Waals surface area contributed by atoms with E-state index < -0.39 is 0 Å². The largest absolute Gasteiger partial charge is 0.368 e. The van der Waals surface area contributed by atoms with Crippen LogP contribution in [0.25, 0.3) is 5.95 Å². The van der Waals surface area contributed by atoms with Crippen molar-refractivity contribution in [1.82, 2.24) is 24.5 Å². The lowest BCUT2D eigenvalue weighted by molar-refractivity contribution is 0.334. The Bertz CT molecular complexity index is 595. The van der Waals surface area contributed by atoms with Crippen LogP contribution in [0.5, 0.6) is 0 Å². The van der Waals surface area contributed by atoms with Gasteiger partial charge in [0.05, 0.1) is 0 Å². The fourth-order valence-electron chi connectivity index (χ4n) is 2.94. The molecule has 1 aliphatic carbocycles. The highest BCUT2D eigenvalue weighted by atomic mass is 15.3. The van der Waals surface area contributed by atoms with Crippen molar-refractivity contribution in [3.63, 3.8) is 0 Å². The number of hydrogen-bond acceptors (Lipinski definition) is 6. The van der Waals surface area contributed by atoms with E-state index in [1.807, 2.05) is 7.05 Å². The highest BCUT2D eigenvalue weighted by Crippen LogP contribution is 2.28. The molecule has 1 aliphatic rings. The zero-order valence-electron chi connectivity index (χ0n) is 12.5. The molecule has 21 heavy (non-hydrogen) atoms. The van der Waals surface area contributed by atoms with Gasteiger partial charge >= 0.3 is 0 Å². The van der Waals surface area contributed by atoms with E-state index in [0.29, 0.717) is 17.9 Å². The molecule has 2 N–H and O–H groups in total. The molecular weight excluding hydrogens is 266 g/mol. The zero-order valence-corrected chi connectivity index (χ0v) is 12.5. The zero-order chi connectivity index (χ0) is 14.8. The van der Waals surface area contributed by atoms with Crippen molar-refractivity contribution in [2.45, 2.75) is 38.6 Å². The number of nitrogen functional groups attached to an aromatic ring is 1. The summed E-state index contributed by atoms with van der Waals surface area (Å²) in [4.78, 5) is 19.1. The van der Waals surface area contributed by atoms with Crippen molar-refractivity contribution >= 4 is 11.9 Å². The maximum atomic E-state index is 5.84. The summed E-state index contributed by atoms with van der Waals surface area (Å²) in [7, 11) is 2.04. The van der Waals surface area contributed by atoms with Gasteiger partial charge in [0, 0.05) is 25.5 Å². The van der Waals surface area contributed by atoms with E-state index in [9.17, 15) is 0 Å². The summed E-state index contributed by atoms with van der Waals surface area (Å²) in [5, 5.41) is 0. The van der Waals surface area contributed by atoms with Crippen molar-refractivity contribution in [3.05, 3.63) is 18.7 Å². The van der Waals surface area contributed by atoms with Gasteiger partial charge < -0.3 is 10.6 Å². The van der Waals surface area contributed by atoms with Gasteiger partial charge in [-0.25, -0.2) is 4.98 Å². The Morgan fingerprint density at radius 3 is 2.86 bits per heavy atom. The quantitative estimate of drug-likeness (QED) is 0.924. The normalized spacial score (nSPS) is 22.2. The predicted octanol–water partition coefficient (Wildman–Crippen LogP) is 1.65. The first-order valence-electron chi connectivity index (χ1n) is 7.36. The summed E-state index contributed by atoms with van der Waals surface area (Å²) < 4.78 is 1.73. The van der Waals surface area contributed by atoms with Crippen LogP contribution in [0.4, 0.5) is 11.9 Å². The van der Waals surface area contributed by atoms with Gasteiger partial charge in [0.25, 0.3) is 0 Å². The Morgan fingerprint density at radius 1 is 1.29 bits per heavy atom. The van der Waals surface area contributed by atoms with Gasteiger partial charge in [0.2, 0.25) is 17.8 Å². The monoisotopic (exact) mass is 287 g/mol. The van der Waals surface area contributed by atoms with E-state index in [1.54, 1.807) is 23.3 Å². The van der Waals surface area contributed by atoms with E-state index in [4.69, 9.17) is 5.73 Å². The molecule has 0 bridgehead atoms. The van der Waals surface area contributed by atoms with E-state index >= 15 is 0 Å². The maximum Gasteiger partial charge on any atom is 0.241 e. The van der Waals surface area contributed by atoms with Crippen LogP contribution in [0.3, 0.4) is 0 Å². The lowest BCUT2D eigenvalue weighted by atomic mass is 9.86. The van der Waals surface area contributed by atoms with E-state index in [1.165, 1.54) is 25.7 Å². The van der Waals surface area contributed by atoms with Crippen molar-refractivity contribution in [2.75, 3.05) is 17.7 Å². The molecule has 1 fully saturated rings. The summed E-state index contributed by atoms with van der Waals surface area (Å²) in [5.74, 6) is 2.12. The summed E-state index contributed by atoms with van der Waals surface area (Å²) in [6.07, 6.45) is 10.0. The van der Waals surface area contributed by atoms with Gasteiger partial charge in [-0.05, 0) is 18.8 Å². The SMILES string of the molecule is CC1CCCC(N(C)c2nc(N)nc(-n3ccnc3)n2)C1. The third-order valence-electron chi connectivity index (χ3n) is 4.14. The molecule has 0 saturated heterocycles. The molecule has 7 nitrogen and oxygen atoms in total. The first-order chi connectivity index (χ1) is 10.1. The molecule has 0 spiro atoms. The van der Waals surface area contributed by atoms with Gasteiger partial charge in [0.15, 0.2) is 0 Å². The summed E-state index contributed by atoms with van der Waals surface area (Å²) in [5.41, 5.74) is 5.84. The summed E-state index contributed by atoms with van der Waals surface area (Å²) in [6.45, 7) is 2.30. The van der Waals surface area contributed by atoms with Crippen molar-refractivity contribution < 1.29 is 0 Å². The topological polar surface area (TPSA) is 85.8 Å². The van der Waals surface area contributed by atoms with E-state index in [0.717, 1.165) is 5.92 Å². The summed E-state index contributed by atoms with van der Waals surface area (Å²) in [6, 6.07) is 0.464. The van der Waals surface area contributed by atoms with Crippen LogP contribution < -0.4 is 10.6 Å². The molecule has 112 valence electrons. The first-order valence-corrected chi connectivity index (χ1v) is 7.36. The number of hydrogen-bond donors (Lipinski definition) is 1. The Labute approximate surface area is 124 Å². The molecular formula is C14H21N7. The molecule has 0 aromatic carbocycles. The number of aromatic nitrogens is 5. The second kappa shape index (κ2) is 5.67. The van der Waals surface area contributed by atoms with Gasteiger partial charge in [-0.2, -0.15) is 15.0 Å². The highest BCUT2D eigenvalue weighted by Gasteiger charge is 2.24. The summed E-state index contributed by atoms with van der Waals surface area (Å²) >= 11 is 0. The van der Waals surface area contributed by atoms with E-state index in [-0.39, 0.29) is 5.95 Å². The van der Waals surface area contributed by atoms with Crippen LogP contribution in [-0.2, 0) is 0 Å². The molecule has 7 heteroatoms. The molecule has 2 aromatic rings. The van der Waals surface area contributed by atoms with Crippen LogP contribution in [0.1, 0.15) is 32.6 Å². The lowest BCUT2D eigenvalue weighted by Crippen LogP contribution is -2.37. The number of nitrogens with two attached hydrogens (primary N) is 1.